The molecule has 0 radical (unpaired) electrons. The van der Waals surface area contributed by atoms with Crippen LogP contribution in [0.2, 0.25) is 5.02 Å². The maximum absolute atomic E-state index is 12.0. The van der Waals surface area contributed by atoms with Gasteiger partial charge in [-0.15, -0.1) is 0 Å². The van der Waals surface area contributed by atoms with Crippen molar-refractivity contribution in [2.24, 2.45) is 0 Å². The molecular formula is C11H17ClN2OS. The molecule has 1 atom stereocenters. The van der Waals surface area contributed by atoms with Crippen molar-refractivity contribution >= 4 is 28.1 Å². The van der Waals surface area contributed by atoms with Crippen molar-refractivity contribution in [2.45, 2.75) is 11.3 Å². The molecule has 0 saturated carbocycles. The summed E-state index contributed by atoms with van der Waals surface area (Å²) in [6, 6.07) is 5.09. The van der Waals surface area contributed by atoms with E-state index in [2.05, 4.69) is 4.90 Å². The highest BCUT2D eigenvalue weighted by molar-refractivity contribution is 7.85. The van der Waals surface area contributed by atoms with E-state index in [0.717, 1.165) is 13.0 Å². The monoisotopic (exact) mass is 260 g/mol. The van der Waals surface area contributed by atoms with Gasteiger partial charge >= 0.3 is 0 Å². The van der Waals surface area contributed by atoms with E-state index < -0.39 is 10.8 Å². The van der Waals surface area contributed by atoms with Gasteiger partial charge in [0.2, 0.25) is 0 Å². The Balaban J connectivity index is 2.62. The van der Waals surface area contributed by atoms with Crippen LogP contribution in [0.3, 0.4) is 0 Å². The van der Waals surface area contributed by atoms with E-state index in [-0.39, 0.29) is 0 Å². The second kappa shape index (κ2) is 6.23. The molecular weight excluding hydrogens is 244 g/mol. The van der Waals surface area contributed by atoms with Crippen LogP contribution < -0.4 is 5.73 Å². The molecule has 2 N–H and O–H groups in total. The molecule has 0 fully saturated rings. The van der Waals surface area contributed by atoms with Crippen LogP contribution >= 0.6 is 11.6 Å². The van der Waals surface area contributed by atoms with E-state index in [1.807, 2.05) is 14.1 Å². The van der Waals surface area contributed by atoms with Crippen molar-refractivity contribution in [2.75, 3.05) is 32.1 Å². The van der Waals surface area contributed by atoms with Crippen LogP contribution in [0.25, 0.3) is 0 Å². The molecule has 0 amide bonds. The fourth-order valence-electron chi connectivity index (χ4n) is 1.32. The lowest BCUT2D eigenvalue weighted by Crippen LogP contribution is -2.15. The molecule has 3 nitrogen and oxygen atoms in total. The van der Waals surface area contributed by atoms with E-state index in [1.54, 1.807) is 18.2 Å². The third kappa shape index (κ3) is 4.12. The maximum atomic E-state index is 12.0. The molecule has 0 spiro atoms. The Morgan fingerprint density at radius 3 is 2.75 bits per heavy atom. The lowest BCUT2D eigenvalue weighted by molar-refractivity contribution is 0.409. The Morgan fingerprint density at radius 2 is 2.12 bits per heavy atom. The van der Waals surface area contributed by atoms with Crippen LogP contribution in [0.15, 0.2) is 23.1 Å². The number of halogens is 1. The first kappa shape index (κ1) is 13.5. The predicted octanol–water partition coefficient (Wildman–Crippen LogP) is 1.98. The summed E-state index contributed by atoms with van der Waals surface area (Å²) < 4.78 is 12.0. The molecule has 90 valence electrons. The third-order valence-corrected chi connectivity index (χ3v) is 4.07. The molecule has 1 aromatic rings. The van der Waals surface area contributed by atoms with Crippen molar-refractivity contribution in [3.8, 4) is 0 Å². The van der Waals surface area contributed by atoms with E-state index in [9.17, 15) is 4.21 Å². The zero-order valence-corrected chi connectivity index (χ0v) is 11.1. The van der Waals surface area contributed by atoms with Crippen molar-refractivity contribution in [3.05, 3.63) is 23.2 Å². The highest BCUT2D eigenvalue weighted by Crippen LogP contribution is 2.22. The molecule has 1 rings (SSSR count). The summed E-state index contributed by atoms with van der Waals surface area (Å²) in [7, 11) is 2.93. The molecule has 1 aromatic carbocycles. The van der Waals surface area contributed by atoms with Gasteiger partial charge in [-0.25, -0.2) is 0 Å². The average Bonchev–Trinajstić information content (AvgIpc) is 2.21. The Morgan fingerprint density at radius 1 is 1.44 bits per heavy atom. The van der Waals surface area contributed by atoms with Crippen LogP contribution in [-0.2, 0) is 10.8 Å². The van der Waals surface area contributed by atoms with Crippen LogP contribution in [0.1, 0.15) is 6.42 Å². The Hall–Kier alpha value is -0.580. The zero-order valence-electron chi connectivity index (χ0n) is 9.57. The van der Waals surface area contributed by atoms with Gasteiger partial charge in [0.1, 0.15) is 0 Å². The number of nitrogen functional groups attached to an aromatic ring is 1. The van der Waals surface area contributed by atoms with E-state index >= 15 is 0 Å². The standard InChI is InChI=1S/C11H17ClN2OS/c1-14(2)6-3-7-16(15)11-8-9(13)4-5-10(11)12/h4-5,8H,3,6-7,13H2,1-2H3. The van der Waals surface area contributed by atoms with Crippen LogP contribution in [0, 0.1) is 0 Å². The highest BCUT2D eigenvalue weighted by atomic mass is 35.5. The van der Waals surface area contributed by atoms with Crippen LogP contribution in [0.5, 0.6) is 0 Å². The lowest BCUT2D eigenvalue weighted by Gasteiger charge is -2.09. The summed E-state index contributed by atoms with van der Waals surface area (Å²) in [4.78, 5) is 2.71. The smallest absolute Gasteiger partial charge is 0.0594 e. The van der Waals surface area contributed by atoms with Gasteiger partial charge in [-0.2, -0.15) is 0 Å². The number of anilines is 1. The number of benzene rings is 1. The minimum atomic E-state index is -1.06. The summed E-state index contributed by atoms with van der Waals surface area (Å²) in [5.74, 6) is 0.612. The van der Waals surface area contributed by atoms with Gasteiger partial charge in [0, 0.05) is 11.4 Å². The van der Waals surface area contributed by atoms with Crippen molar-refractivity contribution in [1.29, 1.82) is 0 Å². The van der Waals surface area contributed by atoms with Crippen LogP contribution in [-0.4, -0.2) is 35.5 Å². The topological polar surface area (TPSA) is 46.3 Å². The zero-order chi connectivity index (χ0) is 12.1. The van der Waals surface area contributed by atoms with E-state index in [0.29, 0.717) is 21.4 Å². The number of hydrogen-bond acceptors (Lipinski definition) is 3. The van der Waals surface area contributed by atoms with Crippen molar-refractivity contribution in [3.63, 3.8) is 0 Å². The van der Waals surface area contributed by atoms with Gasteiger partial charge in [0.05, 0.1) is 20.7 Å². The van der Waals surface area contributed by atoms with Gasteiger partial charge in [-0.3, -0.25) is 4.21 Å². The fourth-order valence-corrected chi connectivity index (χ4v) is 2.86. The number of rotatable bonds is 5. The number of hydrogen-bond donors (Lipinski definition) is 1. The van der Waals surface area contributed by atoms with E-state index in [1.165, 1.54) is 0 Å². The van der Waals surface area contributed by atoms with Gasteiger partial charge in [0.25, 0.3) is 0 Å². The Bertz CT molecular complexity index is 382. The first-order chi connectivity index (χ1) is 7.50. The summed E-state index contributed by atoms with van der Waals surface area (Å²) >= 11 is 5.97. The molecule has 0 heterocycles. The fraction of sp³-hybridized carbons (Fsp3) is 0.455. The third-order valence-electron chi connectivity index (χ3n) is 2.14. The molecule has 0 aliphatic heterocycles. The quantitative estimate of drug-likeness (QED) is 0.824. The van der Waals surface area contributed by atoms with Gasteiger partial charge in [0.15, 0.2) is 0 Å². The minimum absolute atomic E-state index is 0.525. The minimum Gasteiger partial charge on any atom is -0.399 e. The summed E-state index contributed by atoms with van der Waals surface area (Å²) in [6.07, 6.45) is 0.880. The predicted molar refractivity (Wildman–Crippen MR) is 70.3 cm³/mol. The summed E-state index contributed by atoms with van der Waals surface area (Å²) in [6.45, 7) is 0.922. The first-order valence-electron chi connectivity index (χ1n) is 5.09. The second-order valence-electron chi connectivity index (χ2n) is 3.90. The average molecular weight is 261 g/mol. The van der Waals surface area contributed by atoms with Crippen molar-refractivity contribution < 1.29 is 4.21 Å². The summed E-state index contributed by atoms with van der Waals surface area (Å²) in [5.41, 5.74) is 6.24. The molecule has 1 unspecified atom stereocenters. The molecule has 5 heteroatoms. The number of nitrogens with zero attached hydrogens (tertiary/aromatic N) is 1. The summed E-state index contributed by atoms with van der Waals surface area (Å²) in [5, 5.41) is 0.525. The largest absolute Gasteiger partial charge is 0.399 e. The molecule has 0 saturated heterocycles. The lowest BCUT2D eigenvalue weighted by atomic mass is 10.3. The molecule has 0 aliphatic carbocycles. The second-order valence-corrected chi connectivity index (χ2v) is 5.84. The van der Waals surface area contributed by atoms with Crippen LogP contribution in [0.4, 0.5) is 5.69 Å². The molecule has 16 heavy (non-hydrogen) atoms. The Kier molecular flexibility index (Phi) is 5.25. The highest BCUT2D eigenvalue weighted by Gasteiger charge is 2.09. The SMILES string of the molecule is CN(C)CCCS(=O)c1cc(N)ccc1Cl. The molecule has 0 aromatic heterocycles. The van der Waals surface area contributed by atoms with Gasteiger partial charge in [-0.1, -0.05) is 11.6 Å². The van der Waals surface area contributed by atoms with Crippen molar-refractivity contribution in [1.82, 2.24) is 4.90 Å². The van der Waals surface area contributed by atoms with Gasteiger partial charge < -0.3 is 10.6 Å². The first-order valence-corrected chi connectivity index (χ1v) is 6.78. The van der Waals surface area contributed by atoms with E-state index in [4.69, 9.17) is 17.3 Å². The Labute approximate surface area is 104 Å². The molecule has 0 aliphatic rings. The molecule has 0 bridgehead atoms. The number of nitrogens with two attached hydrogens (primary N) is 1. The normalized spacial score (nSPS) is 13.0. The maximum Gasteiger partial charge on any atom is 0.0594 e. The van der Waals surface area contributed by atoms with Gasteiger partial charge in [-0.05, 0) is 45.3 Å².